The van der Waals surface area contributed by atoms with Gasteiger partial charge in [-0.15, -0.1) is 11.3 Å². The van der Waals surface area contributed by atoms with Crippen molar-refractivity contribution in [2.24, 2.45) is 0 Å². The van der Waals surface area contributed by atoms with Crippen LogP contribution in [0.15, 0.2) is 23.6 Å². The van der Waals surface area contributed by atoms with E-state index in [9.17, 15) is 13.2 Å². The Hall–Kier alpha value is -1.60. The molecule has 3 rings (SSSR count). The van der Waals surface area contributed by atoms with Gasteiger partial charge in [-0.3, -0.25) is 0 Å². The van der Waals surface area contributed by atoms with Crippen molar-refractivity contribution in [3.8, 4) is 11.3 Å². The topological polar surface area (TPSA) is 19.4 Å². The first-order valence-corrected chi connectivity index (χ1v) is 8.37. The van der Waals surface area contributed by atoms with Gasteiger partial charge in [0.1, 0.15) is 0 Å². The van der Waals surface area contributed by atoms with Crippen LogP contribution in [0.5, 0.6) is 0 Å². The molecule has 1 fully saturated rings. The Kier molecular flexibility index (Phi) is 4.59. The first-order chi connectivity index (χ1) is 11.0. The zero-order valence-electron chi connectivity index (χ0n) is 12.7. The summed E-state index contributed by atoms with van der Waals surface area (Å²) in [5.41, 5.74) is 3.35. The van der Waals surface area contributed by atoms with Crippen LogP contribution in [0.3, 0.4) is 0 Å². The summed E-state index contributed by atoms with van der Waals surface area (Å²) in [5, 5.41) is 1.70. The lowest BCUT2D eigenvalue weighted by Crippen LogP contribution is -2.46. The Labute approximate surface area is 137 Å². The number of halogens is 3. The van der Waals surface area contributed by atoms with Gasteiger partial charge in [0.05, 0.1) is 11.3 Å². The molecular formula is C16H17F3N3S. The fourth-order valence-electron chi connectivity index (χ4n) is 2.82. The van der Waals surface area contributed by atoms with E-state index in [1.54, 1.807) is 17.5 Å². The summed E-state index contributed by atoms with van der Waals surface area (Å²) in [6.45, 7) is 5.80. The molecule has 0 saturated carbocycles. The maximum absolute atomic E-state index is 13.5. The second-order valence-corrected chi connectivity index (χ2v) is 6.13. The molecule has 0 aliphatic carbocycles. The Bertz CT molecular complexity index is 647. The summed E-state index contributed by atoms with van der Waals surface area (Å²) >= 11 is 1.25. The second kappa shape index (κ2) is 6.49. The van der Waals surface area contributed by atoms with Crippen LogP contribution in [0, 0.1) is 5.51 Å². The molecule has 1 aromatic heterocycles. The van der Waals surface area contributed by atoms with Crippen LogP contribution in [0.25, 0.3) is 11.3 Å². The van der Waals surface area contributed by atoms with Gasteiger partial charge in [0, 0.05) is 42.8 Å². The third-order valence-corrected chi connectivity index (χ3v) is 4.69. The van der Waals surface area contributed by atoms with E-state index in [0.29, 0.717) is 24.3 Å². The van der Waals surface area contributed by atoms with Crippen molar-refractivity contribution < 1.29 is 13.2 Å². The summed E-state index contributed by atoms with van der Waals surface area (Å²) in [7, 11) is 0. The molecule has 7 heteroatoms. The SMILES string of the molecule is CCN1CCN(c2ccc(-c3cs[c]n3)cc2C(F)(F)F)CC1. The average molecular weight is 340 g/mol. The molecule has 0 amide bonds. The fraction of sp³-hybridized carbons (Fsp3) is 0.438. The van der Waals surface area contributed by atoms with Gasteiger partial charge in [-0.25, -0.2) is 4.98 Å². The summed E-state index contributed by atoms with van der Waals surface area (Å²) in [6, 6.07) is 4.48. The van der Waals surface area contributed by atoms with Gasteiger partial charge in [0.15, 0.2) is 5.51 Å². The number of anilines is 1. The predicted molar refractivity (Wildman–Crippen MR) is 85.7 cm³/mol. The predicted octanol–water partition coefficient (Wildman–Crippen LogP) is 3.77. The quantitative estimate of drug-likeness (QED) is 0.848. The standard InChI is InChI=1S/C16H17F3N3S/c1-2-21-5-7-22(8-6-21)15-4-3-12(14-10-23-11-20-14)9-13(15)16(17,18)19/h3-4,9-10H,2,5-8H2,1H3. The van der Waals surface area contributed by atoms with Crippen LogP contribution in [0.1, 0.15) is 12.5 Å². The monoisotopic (exact) mass is 340 g/mol. The minimum absolute atomic E-state index is 0.260. The van der Waals surface area contributed by atoms with Gasteiger partial charge in [0.25, 0.3) is 0 Å². The van der Waals surface area contributed by atoms with E-state index in [2.05, 4.69) is 22.3 Å². The Balaban J connectivity index is 1.94. The van der Waals surface area contributed by atoms with Crippen LogP contribution < -0.4 is 4.90 Å². The minimum Gasteiger partial charge on any atom is -0.368 e. The van der Waals surface area contributed by atoms with Crippen molar-refractivity contribution in [1.82, 2.24) is 9.88 Å². The van der Waals surface area contributed by atoms with Crippen molar-refractivity contribution in [3.05, 3.63) is 34.7 Å². The second-order valence-electron chi connectivity index (χ2n) is 5.48. The highest BCUT2D eigenvalue weighted by atomic mass is 32.1. The normalized spacial score (nSPS) is 16.8. The molecule has 0 spiro atoms. The molecule has 1 saturated heterocycles. The van der Waals surface area contributed by atoms with E-state index in [4.69, 9.17) is 0 Å². The Morgan fingerprint density at radius 2 is 1.96 bits per heavy atom. The number of thiazole rings is 1. The lowest BCUT2D eigenvalue weighted by atomic mass is 10.0. The third kappa shape index (κ3) is 3.50. The molecule has 1 radical (unpaired) electrons. The van der Waals surface area contributed by atoms with E-state index >= 15 is 0 Å². The number of rotatable bonds is 3. The van der Waals surface area contributed by atoms with Crippen molar-refractivity contribution in [1.29, 1.82) is 0 Å². The maximum atomic E-state index is 13.5. The molecule has 0 unspecified atom stereocenters. The highest BCUT2D eigenvalue weighted by Crippen LogP contribution is 2.39. The molecule has 2 aromatic rings. The van der Waals surface area contributed by atoms with Gasteiger partial charge in [-0.05, 0) is 18.7 Å². The number of aromatic nitrogens is 1. The van der Waals surface area contributed by atoms with Gasteiger partial charge in [-0.1, -0.05) is 13.0 Å². The number of alkyl halides is 3. The first kappa shape index (κ1) is 16.3. The van der Waals surface area contributed by atoms with Crippen LogP contribution in [-0.4, -0.2) is 42.6 Å². The molecule has 1 aliphatic heterocycles. The maximum Gasteiger partial charge on any atom is 0.418 e. The fourth-order valence-corrected chi connectivity index (χ4v) is 3.32. The smallest absolute Gasteiger partial charge is 0.368 e. The summed E-state index contributed by atoms with van der Waals surface area (Å²) in [5.74, 6) is 0. The third-order valence-electron chi connectivity index (χ3n) is 4.15. The average Bonchev–Trinajstić information content (AvgIpc) is 3.08. The van der Waals surface area contributed by atoms with Gasteiger partial charge >= 0.3 is 6.18 Å². The largest absolute Gasteiger partial charge is 0.418 e. The van der Waals surface area contributed by atoms with Gasteiger partial charge < -0.3 is 9.80 Å². The summed E-state index contributed by atoms with van der Waals surface area (Å²) < 4.78 is 40.5. The number of benzene rings is 1. The number of hydrogen-bond donors (Lipinski definition) is 0. The zero-order chi connectivity index (χ0) is 16.4. The van der Waals surface area contributed by atoms with Crippen molar-refractivity contribution in [3.63, 3.8) is 0 Å². The van der Waals surface area contributed by atoms with E-state index in [0.717, 1.165) is 19.6 Å². The van der Waals surface area contributed by atoms with Crippen molar-refractivity contribution >= 4 is 17.0 Å². The van der Waals surface area contributed by atoms with Crippen molar-refractivity contribution in [2.45, 2.75) is 13.1 Å². The molecule has 3 nitrogen and oxygen atoms in total. The van der Waals surface area contributed by atoms with Crippen LogP contribution in [-0.2, 0) is 6.18 Å². The Morgan fingerprint density at radius 1 is 1.22 bits per heavy atom. The van der Waals surface area contributed by atoms with E-state index in [1.807, 2.05) is 4.90 Å². The number of nitrogens with zero attached hydrogens (tertiary/aromatic N) is 3. The Morgan fingerprint density at radius 3 is 2.52 bits per heavy atom. The lowest BCUT2D eigenvalue weighted by Gasteiger charge is -2.36. The highest BCUT2D eigenvalue weighted by molar-refractivity contribution is 7.07. The molecule has 23 heavy (non-hydrogen) atoms. The van der Waals surface area contributed by atoms with Crippen LogP contribution >= 0.6 is 11.3 Å². The van der Waals surface area contributed by atoms with Crippen LogP contribution in [0.2, 0.25) is 0 Å². The number of piperazine rings is 1. The number of hydrogen-bond acceptors (Lipinski definition) is 4. The van der Waals surface area contributed by atoms with Crippen LogP contribution in [0.4, 0.5) is 18.9 Å². The van der Waals surface area contributed by atoms with Gasteiger partial charge in [-0.2, -0.15) is 13.2 Å². The highest BCUT2D eigenvalue weighted by Gasteiger charge is 2.36. The first-order valence-electron chi connectivity index (χ1n) is 7.49. The molecule has 1 aromatic carbocycles. The lowest BCUT2D eigenvalue weighted by molar-refractivity contribution is -0.137. The molecule has 2 heterocycles. The molecule has 1 aliphatic rings. The van der Waals surface area contributed by atoms with Gasteiger partial charge in [0.2, 0.25) is 0 Å². The van der Waals surface area contributed by atoms with Crippen molar-refractivity contribution in [2.75, 3.05) is 37.6 Å². The molecule has 0 atom stereocenters. The molecular weight excluding hydrogens is 323 g/mol. The van der Waals surface area contributed by atoms with E-state index in [-0.39, 0.29) is 5.69 Å². The van der Waals surface area contributed by atoms with E-state index in [1.165, 1.54) is 17.4 Å². The van der Waals surface area contributed by atoms with E-state index < -0.39 is 11.7 Å². The number of likely N-dealkylation sites (N-methyl/N-ethyl adjacent to an activating group) is 1. The zero-order valence-corrected chi connectivity index (χ0v) is 13.5. The summed E-state index contributed by atoms with van der Waals surface area (Å²) in [4.78, 5) is 8.04. The molecule has 0 N–H and O–H groups in total. The molecule has 123 valence electrons. The summed E-state index contributed by atoms with van der Waals surface area (Å²) in [6.07, 6.45) is -4.38. The minimum atomic E-state index is -4.38. The molecule has 0 bridgehead atoms.